The van der Waals surface area contributed by atoms with E-state index in [4.69, 9.17) is 9.47 Å². The maximum Gasteiger partial charge on any atom is 0.306 e. The van der Waals surface area contributed by atoms with Gasteiger partial charge in [0.15, 0.2) is 6.61 Å². The summed E-state index contributed by atoms with van der Waals surface area (Å²) in [5.41, 5.74) is 2.33. The van der Waals surface area contributed by atoms with Crippen LogP contribution in [0.1, 0.15) is 24.0 Å². The van der Waals surface area contributed by atoms with Gasteiger partial charge in [-0.25, -0.2) is 4.39 Å². The van der Waals surface area contributed by atoms with Gasteiger partial charge in [0.1, 0.15) is 11.6 Å². The summed E-state index contributed by atoms with van der Waals surface area (Å²) in [7, 11) is 1.61. The van der Waals surface area contributed by atoms with Gasteiger partial charge in [0.25, 0.3) is 5.91 Å². The van der Waals surface area contributed by atoms with Crippen molar-refractivity contribution in [3.05, 3.63) is 59.4 Å². The fourth-order valence-electron chi connectivity index (χ4n) is 3.19. The van der Waals surface area contributed by atoms with E-state index in [1.54, 1.807) is 30.2 Å². The predicted octanol–water partition coefficient (Wildman–Crippen LogP) is 3.29. The van der Waals surface area contributed by atoms with Crippen molar-refractivity contribution in [2.75, 3.05) is 25.2 Å². The van der Waals surface area contributed by atoms with Crippen molar-refractivity contribution in [1.82, 2.24) is 0 Å². The van der Waals surface area contributed by atoms with Gasteiger partial charge in [0, 0.05) is 18.7 Å². The molecule has 0 unspecified atom stereocenters. The summed E-state index contributed by atoms with van der Waals surface area (Å²) in [5.74, 6) is -0.372. The van der Waals surface area contributed by atoms with Gasteiger partial charge in [-0.15, -0.1) is 0 Å². The van der Waals surface area contributed by atoms with E-state index in [-0.39, 0.29) is 31.2 Å². The minimum absolute atomic E-state index is 0.0298. The molecule has 2 aromatic rings. The molecule has 0 aromatic heterocycles. The van der Waals surface area contributed by atoms with Crippen LogP contribution in [0.2, 0.25) is 0 Å². The van der Waals surface area contributed by atoms with Gasteiger partial charge in [-0.2, -0.15) is 0 Å². The van der Waals surface area contributed by atoms with Crippen molar-refractivity contribution >= 4 is 17.6 Å². The molecule has 0 radical (unpaired) electrons. The summed E-state index contributed by atoms with van der Waals surface area (Å²) in [5, 5.41) is 0. The van der Waals surface area contributed by atoms with Gasteiger partial charge in [-0.1, -0.05) is 18.2 Å². The number of esters is 1. The predicted molar refractivity (Wildman–Crippen MR) is 99.3 cm³/mol. The Morgan fingerprint density at radius 3 is 2.78 bits per heavy atom. The highest BCUT2D eigenvalue weighted by molar-refractivity contribution is 5.96. The molecule has 0 saturated heterocycles. The van der Waals surface area contributed by atoms with Gasteiger partial charge >= 0.3 is 5.97 Å². The van der Waals surface area contributed by atoms with Gasteiger partial charge in [-0.3, -0.25) is 9.59 Å². The number of halogens is 1. The van der Waals surface area contributed by atoms with Crippen LogP contribution < -0.4 is 9.64 Å². The smallest absolute Gasteiger partial charge is 0.306 e. The molecule has 6 heteroatoms. The van der Waals surface area contributed by atoms with E-state index in [0.717, 1.165) is 29.8 Å². The Labute approximate surface area is 157 Å². The number of hydrogen-bond donors (Lipinski definition) is 0. The molecule has 0 spiro atoms. The lowest BCUT2D eigenvalue weighted by Gasteiger charge is -2.29. The number of anilines is 1. The number of benzene rings is 2. The molecule has 0 saturated carbocycles. The fourth-order valence-corrected chi connectivity index (χ4v) is 3.19. The maximum atomic E-state index is 13.6. The largest absolute Gasteiger partial charge is 0.497 e. The monoisotopic (exact) mass is 371 g/mol. The van der Waals surface area contributed by atoms with Crippen LogP contribution in [0.15, 0.2) is 42.5 Å². The highest BCUT2D eigenvalue weighted by Gasteiger charge is 2.23. The number of amides is 1. The minimum atomic E-state index is -0.515. The number of methoxy groups -OCH3 is 1. The molecule has 0 aliphatic carbocycles. The quantitative estimate of drug-likeness (QED) is 0.731. The van der Waals surface area contributed by atoms with Crippen LogP contribution in [0.25, 0.3) is 0 Å². The highest BCUT2D eigenvalue weighted by Crippen LogP contribution is 2.30. The van der Waals surface area contributed by atoms with Crippen LogP contribution >= 0.6 is 0 Å². The molecule has 0 N–H and O–H groups in total. The zero-order chi connectivity index (χ0) is 19.2. The van der Waals surface area contributed by atoms with Crippen LogP contribution in [0.4, 0.5) is 10.1 Å². The lowest BCUT2D eigenvalue weighted by molar-refractivity contribution is -0.147. The van der Waals surface area contributed by atoms with Crippen LogP contribution in [-0.2, 0) is 27.2 Å². The molecule has 3 rings (SSSR count). The Kier molecular flexibility index (Phi) is 6.06. The first-order valence-corrected chi connectivity index (χ1v) is 8.95. The molecule has 1 aliphatic heterocycles. The second-order valence-electron chi connectivity index (χ2n) is 6.40. The molecule has 27 heavy (non-hydrogen) atoms. The van der Waals surface area contributed by atoms with E-state index in [1.807, 2.05) is 18.2 Å². The van der Waals surface area contributed by atoms with Gasteiger partial charge in [-0.05, 0) is 54.7 Å². The van der Waals surface area contributed by atoms with Crippen LogP contribution in [0.5, 0.6) is 5.75 Å². The molecule has 142 valence electrons. The van der Waals surface area contributed by atoms with E-state index in [2.05, 4.69) is 0 Å². The Bertz CT molecular complexity index is 837. The average molecular weight is 371 g/mol. The Morgan fingerprint density at radius 2 is 2.00 bits per heavy atom. The molecule has 1 heterocycles. The Balaban J connectivity index is 1.54. The molecule has 2 aromatic carbocycles. The van der Waals surface area contributed by atoms with Crippen molar-refractivity contribution in [2.45, 2.75) is 25.7 Å². The average Bonchev–Trinajstić information content (AvgIpc) is 2.70. The third kappa shape index (κ3) is 4.64. The number of aryl methyl sites for hydroxylation is 2. The van der Waals surface area contributed by atoms with Crippen molar-refractivity contribution < 1.29 is 23.5 Å². The highest BCUT2D eigenvalue weighted by atomic mass is 19.1. The van der Waals surface area contributed by atoms with Crippen molar-refractivity contribution in [3.63, 3.8) is 0 Å². The summed E-state index contributed by atoms with van der Waals surface area (Å²) in [6, 6.07) is 11.9. The van der Waals surface area contributed by atoms with E-state index >= 15 is 0 Å². The zero-order valence-electron chi connectivity index (χ0n) is 15.2. The van der Waals surface area contributed by atoms with Crippen LogP contribution in [0.3, 0.4) is 0 Å². The summed E-state index contributed by atoms with van der Waals surface area (Å²) < 4.78 is 23.9. The number of fused-ring (bicyclic) bond motifs is 1. The number of rotatable bonds is 6. The normalized spacial score (nSPS) is 13.0. The number of ether oxygens (including phenoxy) is 2. The Morgan fingerprint density at radius 1 is 1.19 bits per heavy atom. The van der Waals surface area contributed by atoms with Gasteiger partial charge in [0.05, 0.1) is 7.11 Å². The van der Waals surface area contributed by atoms with Gasteiger partial charge in [0.2, 0.25) is 0 Å². The van der Waals surface area contributed by atoms with E-state index in [0.29, 0.717) is 12.1 Å². The first-order chi connectivity index (χ1) is 13.1. The van der Waals surface area contributed by atoms with Gasteiger partial charge < -0.3 is 14.4 Å². The standard InChI is InChI=1S/C21H22FNO4/c1-26-17-9-10-19-16(13-17)6-4-12-23(19)20(24)14-27-21(25)11-8-15-5-2-3-7-18(15)22/h2-3,5,7,9-10,13H,4,6,8,11-12,14H2,1H3. The third-order valence-electron chi connectivity index (χ3n) is 4.62. The molecule has 0 fully saturated rings. The summed E-state index contributed by atoms with van der Waals surface area (Å²) in [4.78, 5) is 26.1. The van der Waals surface area contributed by atoms with E-state index in [9.17, 15) is 14.0 Å². The molecular formula is C21H22FNO4. The third-order valence-corrected chi connectivity index (χ3v) is 4.62. The molecule has 0 atom stereocenters. The lowest BCUT2D eigenvalue weighted by atomic mass is 10.0. The molecule has 5 nitrogen and oxygen atoms in total. The lowest BCUT2D eigenvalue weighted by Crippen LogP contribution is -2.38. The SMILES string of the molecule is COc1ccc2c(c1)CCCN2C(=O)COC(=O)CCc1ccccc1F. The van der Waals surface area contributed by atoms with E-state index in [1.165, 1.54) is 6.07 Å². The first kappa shape index (κ1) is 18.9. The topological polar surface area (TPSA) is 55.8 Å². The van der Waals surface area contributed by atoms with E-state index < -0.39 is 5.97 Å². The molecule has 1 aliphatic rings. The second-order valence-corrected chi connectivity index (χ2v) is 6.40. The Hall–Kier alpha value is -2.89. The maximum absolute atomic E-state index is 13.6. The summed E-state index contributed by atoms with van der Waals surface area (Å²) in [6.07, 6.45) is 1.99. The summed E-state index contributed by atoms with van der Waals surface area (Å²) in [6.45, 7) is 0.270. The minimum Gasteiger partial charge on any atom is -0.497 e. The van der Waals surface area contributed by atoms with Crippen molar-refractivity contribution in [3.8, 4) is 5.75 Å². The van der Waals surface area contributed by atoms with Crippen molar-refractivity contribution in [1.29, 1.82) is 0 Å². The van der Waals surface area contributed by atoms with Crippen molar-refractivity contribution in [2.24, 2.45) is 0 Å². The molecule has 0 bridgehead atoms. The number of nitrogens with zero attached hydrogens (tertiary/aromatic N) is 1. The molecule has 1 amide bonds. The second kappa shape index (κ2) is 8.66. The number of carbonyl (C=O) groups is 2. The fraction of sp³-hybridized carbons (Fsp3) is 0.333. The van der Waals surface area contributed by atoms with Crippen LogP contribution in [-0.4, -0.2) is 32.1 Å². The first-order valence-electron chi connectivity index (χ1n) is 8.95. The number of hydrogen-bond acceptors (Lipinski definition) is 4. The zero-order valence-corrected chi connectivity index (χ0v) is 15.2. The van der Waals surface area contributed by atoms with Crippen LogP contribution in [0, 0.1) is 5.82 Å². The molecular weight excluding hydrogens is 349 g/mol. The number of carbonyl (C=O) groups excluding carboxylic acids is 2. The summed E-state index contributed by atoms with van der Waals surface area (Å²) >= 11 is 0.